The minimum absolute atomic E-state index is 0.172. The van der Waals surface area contributed by atoms with Crippen molar-refractivity contribution in [2.45, 2.75) is 0 Å². The average molecular weight is 357 g/mol. The van der Waals surface area contributed by atoms with E-state index in [1.165, 1.54) is 0 Å². The molecule has 4 rings (SSSR count). The number of aromatic nitrogens is 1. The predicted molar refractivity (Wildman–Crippen MR) is 87.9 cm³/mol. The molecule has 1 aliphatic heterocycles. The summed E-state index contributed by atoms with van der Waals surface area (Å²) in [5.74, 6) is -1.74. The first-order valence-corrected chi connectivity index (χ1v) is 7.98. The lowest BCUT2D eigenvalue weighted by Gasteiger charge is -1.91. The van der Waals surface area contributed by atoms with Crippen molar-refractivity contribution in [3.8, 4) is 5.88 Å². The highest BCUT2D eigenvalue weighted by Gasteiger charge is 2.08. The lowest BCUT2D eigenvalue weighted by Crippen LogP contribution is -2.23. The van der Waals surface area contributed by atoms with Crippen molar-refractivity contribution in [1.29, 1.82) is 0 Å². The molecule has 5 nitrogen and oxygen atoms in total. The van der Waals surface area contributed by atoms with Gasteiger partial charge in [-0.05, 0) is 11.3 Å². The van der Waals surface area contributed by atoms with Crippen molar-refractivity contribution < 1.29 is 13.9 Å². The number of aromatic hydroxyl groups is 1. The molecule has 1 aromatic heterocycles. The molecule has 2 N–H and O–H groups in total. The van der Waals surface area contributed by atoms with Gasteiger partial charge in [-0.15, -0.1) is 0 Å². The number of H-pyrrole nitrogens is 1. The topological polar surface area (TPSA) is 77.8 Å². The van der Waals surface area contributed by atoms with Crippen molar-refractivity contribution in [2.24, 2.45) is 9.98 Å². The second-order valence-corrected chi connectivity index (χ2v) is 6.31. The van der Waals surface area contributed by atoms with Crippen LogP contribution in [0.5, 0.6) is 5.88 Å². The van der Waals surface area contributed by atoms with Gasteiger partial charge in [0.1, 0.15) is 0 Å². The van der Waals surface area contributed by atoms with Crippen LogP contribution in [0.25, 0.3) is 11.9 Å². The van der Waals surface area contributed by atoms with Gasteiger partial charge in [-0.1, -0.05) is 35.6 Å². The molecular formula is C17H9F2N3O2S. The summed E-state index contributed by atoms with van der Waals surface area (Å²) in [6.45, 7) is 0. The van der Waals surface area contributed by atoms with E-state index >= 15 is 0 Å². The standard InChI is InChI=1S/C17H9F2N3O2S/c18-10-6-12-13(7-11(10)19)21-15(20-12)9-3-1-8(2-4-9)5-14-16(23)22-17(24)25-14/h1-7,23H,(H,22,24). The van der Waals surface area contributed by atoms with E-state index in [0.29, 0.717) is 15.9 Å². The van der Waals surface area contributed by atoms with Gasteiger partial charge in [0.2, 0.25) is 5.88 Å². The number of nitrogens with one attached hydrogen (secondary N) is 1. The highest BCUT2D eigenvalue weighted by Crippen LogP contribution is 2.15. The Bertz CT molecular complexity index is 1240. The SMILES string of the molecule is O=c1[nH]c(O)c(C=c2ccc(=C3N=c4cc(F)c(F)cc4=N3)cc2)s1. The first-order valence-electron chi connectivity index (χ1n) is 7.16. The van der Waals surface area contributed by atoms with E-state index in [4.69, 9.17) is 0 Å². The highest BCUT2D eigenvalue weighted by molar-refractivity contribution is 7.10. The van der Waals surface area contributed by atoms with Gasteiger partial charge >= 0.3 is 4.87 Å². The number of fused-ring (bicyclic) bond motifs is 1. The third-order valence-electron chi connectivity index (χ3n) is 3.59. The van der Waals surface area contributed by atoms with Gasteiger partial charge in [-0.3, -0.25) is 9.78 Å². The Morgan fingerprint density at radius 1 is 1.04 bits per heavy atom. The number of hydrogen-bond donors (Lipinski definition) is 2. The quantitative estimate of drug-likeness (QED) is 0.656. The number of hydrogen-bond acceptors (Lipinski definition) is 5. The summed E-state index contributed by atoms with van der Waals surface area (Å²) in [4.78, 5) is 22.0. The van der Waals surface area contributed by atoms with Crippen LogP contribution in [0.4, 0.5) is 8.78 Å². The molecule has 1 aliphatic rings. The van der Waals surface area contributed by atoms with Gasteiger partial charge < -0.3 is 5.11 Å². The van der Waals surface area contributed by atoms with E-state index < -0.39 is 11.6 Å². The fourth-order valence-corrected chi connectivity index (χ4v) is 3.09. The zero-order valence-corrected chi connectivity index (χ0v) is 13.3. The molecule has 25 heavy (non-hydrogen) atoms. The Morgan fingerprint density at radius 2 is 1.64 bits per heavy atom. The number of halogens is 2. The molecule has 0 spiro atoms. The van der Waals surface area contributed by atoms with Crippen LogP contribution in [0.2, 0.25) is 0 Å². The smallest absolute Gasteiger partial charge is 0.307 e. The molecule has 3 aromatic rings. The van der Waals surface area contributed by atoms with Gasteiger partial charge in [-0.2, -0.15) is 0 Å². The molecule has 0 atom stereocenters. The summed E-state index contributed by atoms with van der Waals surface area (Å²) in [5, 5.41) is 11.6. The van der Waals surface area contributed by atoms with Crippen LogP contribution < -0.4 is 26.0 Å². The third kappa shape index (κ3) is 2.87. The summed E-state index contributed by atoms with van der Waals surface area (Å²) in [6.07, 6.45) is 1.66. The van der Waals surface area contributed by atoms with Crippen molar-refractivity contribution in [3.05, 3.63) is 83.7 Å². The Balaban J connectivity index is 1.81. The average Bonchev–Trinajstić information content (AvgIpc) is 3.11. The maximum absolute atomic E-state index is 13.3. The van der Waals surface area contributed by atoms with Crippen LogP contribution in [0.15, 0.2) is 51.2 Å². The summed E-state index contributed by atoms with van der Waals surface area (Å²) < 4.78 is 26.5. The number of rotatable bonds is 1. The van der Waals surface area contributed by atoms with Gasteiger partial charge in [0, 0.05) is 17.4 Å². The van der Waals surface area contributed by atoms with E-state index in [2.05, 4.69) is 15.0 Å². The first-order chi connectivity index (χ1) is 12.0. The lowest BCUT2D eigenvalue weighted by molar-refractivity contribution is 0.455. The maximum atomic E-state index is 13.3. The molecule has 0 radical (unpaired) electrons. The molecule has 0 saturated heterocycles. The fraction of sp³-hybridized carbons (Fsp3) is 0. The molecule has 0 unspecified atom stereocenters. The first kappa shape index (κ1) is 15.4. The Morgan fingerprint density at radius 3 is 2.16 bits per heavy atom. The number of benzene rings is 2. The van der Waals surface area contributed by atoms with Gasteiger partial charge in [0.05, 0.1) is 15.6 Å². The molecule has 0 fully saturated rings. The molecule has 2 heterocycles. The zero-order valence-electron chi connectivity index (χ0n) is 12.5. The summed E-state index contributed by atoms with van der Waals surface area (Å²) in [5.41, 5.74) is 0. The number of nitrogens with zero attached hydrogens (tertiary/aromatic N) is 2. The van der Waals surface area contributed by atoms with Crippen LogP contribution in [-0.4, -0.2) is 10.1 Å². The van der Waals surface area contributed by atoms with Crippen molar-refractivity contribution in [3.63, 3.8) is 0 Å². The van der Waals surface area contributed by atoms with Crippen LogP contribution in [-0.2, 0) is 0 Å². The molecule has 0 bridgehead atoms. The maximum Gasteiger partial charge on any atom is 0.307 e. The highest BCUT2D eigenvalue weighted by atomic mass is 32.1. The van der Waals surface area contributed by atoms with E-state index in [9.17, 15) is 18.7 Å². The van der Waals surface area contributed by atoms with Gasteiger partial charge in [0.25, 0.3) is 0 Å². The Labute approximate surface area is 142 Å². The van der Waals surface area contributed by atoms with E-state index in [-0.39, 0.29) is 21.5 Å². The summed E-state index contributed by atoms with van der Waals surface area (Å²) in [6, 6.07) is 9.06. The second-order valence-electron chi connectivity index (χ2n) is 5.30. The monoisotopic (exact) mass is 357 g/mol. The molecule has 0 saturated carbocycles. The minimum atomic E-state index is -0.964. The third-order valence-corrected chi connectivity index (χ3v) is 4.41. The Kier molecular flexibility index (Phi) is 3.54. The lowest BCUT2D eigenvalue weighted by atomic mass is 10.2. The fourth-order valence-electron chi connectivity index (χ4n) is 2.40. The van der Waals surface area contributed by atoms with Crippen molar-refractivity contribution in [1.82, 2.24) is 4.98 Å². The molecule has 8 heteroatoms. The molecule has 124 valence electrons. The van der Waals surface area contributed by atoms with Crippen molar-refractivity contribution in [2.75, 3.05) is 0 Å². The largest absolute Gasteiger partial charge is 0.493 e. The minimum Gasteiger partial charge on any atom is -0.493 e. The molecule has 0 aliphatic carbocycles. The molecule has 2 aromatic carbocycles. The van der Waals surface area contributed by atoms with Gasteiger partial charge in [0.15, 0.2) is 17.5 Å². The van der Waals surface area contributed by atoms with Crippen LogP contribution in [0.1, 0.15) is 4.88 Å². The van der Waals surface area contributed by atoms with E-state index in [0.717, 1.165) is 28.7 Å². The van der Waals surface area contributed by atoms with Crippen LogP contribution >= 0.6 is 11.3 Å². The Hall–Kier alpha value is -3.13. The second kappa shape index (κ2) is 5.75. The molecular weight excluding hydrogens is 348 g/mol. The predicted octanol–water partition coefficient (Wildman–Crippen LogP) is 0.268. The summed E-state index contributed by atoms with van der Waals surface area (Å²) in [7, 11) is 0. The zero-order chi connectivity index (χ0) is 17.6. The normalized spacial score (nSPS) is 12.5. The number of aromatic amines is 1. The van der Waals surface area contributed by atoms with Crippen LogP contribution in [0.3, 0.4) is 0 Å². The van der Waals surface area contributed by atoms with Crippen LogP contribution in [0, 0.1) is 11.6 Å². The van der Waals surface area contributed by atoms with Crippen molar-refractivity contribution >= 4 is 23.2 Å². The van der Waals surface area contributed by atoms with E-state index in [1.807, 2.05) is 0 Å². The van der Waals surface area contributed by atoms with Gasteiger partial charge in [-0.25, -0.2) is 18.8 Å². The summed E-state index contributed by atoms with van der Waals surface area (Å²) >= 11 is 0.903. The molecule has 0 amide bonds. The van der Waals surface area contributed by atoms with E-state index in [1.54, 1.807) is 30.3 Å². The number of thiazole rings is 1.